The smallest absolute Gasteiger partial charge is 0.243 e. The van der Waals surface area contributed by atoms with Crippen molar-refractivity contribution in [2.45, 2.75) is 4.90 Å². The molecule has 0 aliphatic carbocycles. The number of ether oxygens (including phenoxy) is 2. The van der Waals surface area contributed by atoms with E-state index >= 15 is 0 Å². The first kappa shape index (κ1) is 19.1. The molecule has 27 heavy (non-hydrogen) atoms. The highest BCUT2D eigenvalue weighted by Crippen LogP contribution is 2.32. The van der Waals surface area contributed by atoms with Crippen molar-refractivity contribution in [1.82, 2.24) is 4.31 Å². The van der Waals surface area contributed by atoms with Crippen LogP contribution >= 0.6 is 0 Å². The van der Waals surface area contributed by atoms with E-state index < -0.39 is 34.1 Å². The van der Waals surface area contributed by atoms with Crippen molar-refractivity contribution in [1.29, 1.82) is 0 Å². The molecule has 0 radical (unpaired) electrons. The second-order valence-electron chi connectivity index (χ2n) is 5.77. The lowest BCUT2D eigenvalue weighted by molar-refractivity contribution is -0.116. The molecule has 2 aromatic rings. The molecule has 1 heterocycles. The summed E-state index contributed by atoms with van der Waals surface area (Å²) < 4.78 is 63.2. The summed E-state index contributed by atoms with van der Waals surface area (Å²) in [4.78, 5) is 12.0. The molecule has 0 saturated heterocycles. The van der Waals surface area contributed by atoms with E-state index in [4.69, 9.17) is 9.47 Å². The van der Waals surface area contributed by atoms with Crippen LogP contribution in [0, 0.1) is 11.6 Å². The number of nitrogens with zero attached hydrogens (tertiary/aromatic N) is 1. The highest BCUT2D eigenvalue weighted by molar-refractivity contribution is 7.89. The summed E-state index contributed by atoms with van der Waals surface area (Å²) in [7, 11) is -2.77. The first-order chi connectivity index (χ1) is 12.8. The van der Waals surface area contributed by atoms with Gasteiger partial charge in [0.15, 0.2) is 11.5 Å². The van der Waals surface area contributed by atoms with Gasteiger partial charge in [-0.05, 0) is 24.3 Å². The summed E-state index contributed by atoms with van der Waals surface area (Å²) in [6.07, 6.45) is 0. The second-order valence-corrected chi connectivity index (χ2v) is 7.82. The van der Waals surface area contributed by atoms with Crippen LogP contribution in [-0.4, -0.2) is 45.4 Å². The minimum absolute atomic E-state index is 0.0705. The Bertz CT molecular complexity index is 961. The number of likely N-dealkylation sites (N-methyl/N-ethyl adjacent to an activating group) is 1. The third-order valence-electron chi connectivity index (χ3n) is 3.73. The van der Waals surface area contributed by atoms with E-state index in [0.29, 0.717) is 30.8 Å². The summed E-state index contributed by atoms with van der Waals surface area (Å²) in [5, 5.41) is 2.26. The Kier molecular flexibility index (Phi) is 5.29. The van der Waals surface area contributed by atoms with Crippen LogP contribution in [0.2, 0.25) is 0 Å². The minimum Gasteiger partial charge on any atom is -0.486 e. The normalized spacial score (nSPS) is 13.5. The van der Waals surface area contributed by atoms with Crippen molar-refractivity contribution in [3.05, 3.63) is 48.0 Å². The molecule has 0 saturated carbocycles. The topological polar surface area (TPSA) is 84.9 Å². The first-order valence-corrected chi connectivity index (χ1v) is 9.31. The summed E-state index contributed by atoms with van der Waals surface area (Å²) in [6, 6.07) is 6.66. The molecule has 0 fully saturated rings. The molecule has 0 bridgehead atoms. The number of nitrogens with one attached hydrogen (secondary N) is 1. The highest BCUT2D eigenvalue weighted by Gasteiger charge is 2.25. The van der Waals surface area contributed by atoms with Crippen LogP contribution in [0.1, 0.15) is 0 Å². The zero-order chi connectivity index (χ0) is 19.6. The van der Waals surface area contributed by atoms with Crippen LogP contribution in [0.15, 0.2) is 41.3 Å². The number of benzene rings is 2. The van der Waals surface area contributed by atoms with Crippen LogP contribution < -0.4 is 14.8 Å². The number of anilines is 1. The van der Waals surface area contributed by atoms with Gasteiger partial charge in [-0.1, -0.05) is 0 Å². The van der Waals surface area contributed by atoms with Gasteiger partial charge in [-0.2, -0.15) is 4.31 Å². The maximum Gasteiger partial charge on any atom is 0.243 e. The molecule has 144 valence electrons. The zero-order valence-corrected chi connectivity index (χ0v) is 15.1. The van der Waals surface area contributed by atoms with Crippen LogP contribution in [-0.2, 0) is 14.8 Å². The van der Waals surface area contributed by atoms with Crippen LogP contribution in [0.5, 0.6) is 11.5 Å². The lowest BCUT2D eigenvalue weighted by Gasteiger charge is -2.21. The monoisotopic (exact) mass is 398 g/mol. The van der Waals surface area contributed by atoms with Gasteiger partial charge in [0.2, 0.25) is 15.9 Å². The summed E-state index contributed by atoms with van der Waals surface area (Å²) in [5.74, 6) is -1.72. The lowest BCUT2D eigenvalue weighted by atomic mass is 10.3. The maximum absolute atomic E-state index is 13.2. The van der Waals surface area contributed by atoms with Gasteiger partial charge in [0, 0.05) is 24.9 Å². The Morgan fingerprint density at radius 1 is 1.07 bits per heavy atom. The number of fused-ring (bicyclic) bond motifs is 1. The fraction of sp³-hybridized carbons (Fsp3) is 0.235. The van der Waals surface area contributed by atoms with E-state index in [1.54, 1.807) is 0 Å². The van der Waals surface area contributed by atoms with Crippen molar-refractivity contribution in [2.24, 2.45) is 0 Å². The summed E-state index contributed by atoms with van der Waals surface area (Å²) in [6.45, 7) is 0.133. The predicted octanol–water partition coefficient (Wildman–Crippen LogP) is 2.00. The standard InChI is InChI=1S/C17H16F2N2O5S/c1-21(10-17(22)20-13-7-11(18)6-12(19)8-13)27(23,24)14-2-3-15-16(9-14)26-5-4-25-15/h2-3,6-9H,4-5,10H2,1H3,(H,20,22). The van der Waals surface area contributed by atoms with Gasteiger partial charge < -0.3 is 14.8 Å². The summed E-state index contributed by atoms with van der Waals surface area (Å²) >= 11 is 0. The Balaban J connectivity index is 1.72. The molecule has 1 amide bonds. The molecule has 1 aliphatic heterocycles. The second kappa shape index (κ2) is 7.49. The van der Waals surface area contributed by atoms with Gasteiger partial charge in [0.1, 0.15) is 24.8 Å². The van der Waals surface area contributed by atoms with E-state index in [-0.39, 0.29) is 10.6 Å². The van der Waals surface area contributed by atoms with Crippen molar-refractivity contribution >= 4 is 21.6 Å². The molecule has 2 aromatic carbocycles. The Morgan fingerprint density at radius 2 is 1.70 bits per heavy atom. The van der Waals surface area contributed by atoms with Crippen molar-refractivity contribution < 1.29 is 31.5 Å². The van der Waals surface area contributed by atoms with Crippen LogP contribution in [0.25, 0.3) is 0 Å². The number of hydrogen-bond acceptors (Lipinski definition) is 5. The van der Waals surface area contributed by atoms with Gasteiger partial charge in [0.25, 0.3) is 0 Å². The Hall–Kier alpha value is -2.72. The maximum atomic E-state index is 13.2. The van der Waals surface area contributed by atoms with E-state index in [2.05, 4.69) is 5.32 Å². The quantitative estimate of drug-likeness (QED) is 0.833. The van der Waals surface area contributed by atoms with Gasteiger partial charge in [-0.15, -0.1) is 0 Å². The molecule has 0 unspecified atom stereocenters. The van der Waals surface area contributed by atoms with Gasteiger partial charge in [-0.3, -0.25) is 4.79 Å². The predicted molar refractivity (Wildman–Crippen MR) is 92.2 cm³/mol. The van der Waals surface area contributed by atoms with Crippen LogP contribution in [0.4, 0.5) is 14.5 Å². The fourth-order valence-electron chi connectivity index (χ4n) is 2.48. The largest absolute Gasteiger partial charge is 0.486 e. The molecule has 1 N–H and O–H groups in total. The minimum atomic E-state index is -3.99. The van der Waals surface area contributed by atoms with E-state index in [1.165, 1.54) is 25.2 Å². The third kappa shape index (κ3) is 4.34. The fourth-order valence-corrected chi connectivity index (χ4v) is 3.62. The van der Waals surface area contributed by atoms with E-state index in [0.717, 1.165) is 16.4 Å². The molecule has 0 atom stereocenters. The third-order valence-corrected chi connectivity index (χ3v) is 5.53. The zero-order valence-electron chi connectivity index (χ0n) is 14.2. The van der Waals surface area contributed by atoms with Gasteiger partial charge >= 0.3 is 0 Å². The number of rotatable bonds is 5. The van der Waals surface area contributed by atoms with Gasteiger partial charge in [-0.25, -0.2) is 17.2 Å². The van der Waals surface area contributed by atoms with Crippen LogP contribution in [0.3, 0.4) is 0 Å². The number of sulfonamides is 1. The molecule has 7 nitrogen and oxygen atoms in total. The van der Waals surface area contributed by atoms with Crippen molar-refractivity contribution in [3.63, 3.8) is 0 Å². The number of halogens is 2. The van der Waals surface area contributed by atoms with Crippen molar-refractivity contribution in [3.8, 4) is 11.5 Å². The average Bonchev–Trinajstić information content (AvgIpc) is 2.60. The number of carbonyl (C=O) groups excluding carboxylic acids is 1. The molecule has 10 heteroatoms. The van der Waals surface area contributed by atoms with Gasteiger partial charge in [0.05, 0.1) is 11.4 Å². The van der Waals surface area contributed by atoms with E-state index in [9.17, 15) is 22.0 Å². The first-order valence-electron chi connectivity index (χ1n) is 7.87. The molecular formula is C17H16F2N2O5S. The number of amides is 1. The Labute approximate surface area is 154 Å². The number of carbonyl (C=O) groups is 1. The SMILES string of the molecule is CN(CC(=O)Nc1cc(F)cc(F)c1)S(=O)(=O)c1ccc2c(c1)OCCO2. The molecule has 3 rings (SSSR count). The molecule has 1 aliphatic rings. The summed E-state index contributed by atoms with van der Waals surface area (Å²) in [5.41, 5.74) is -0.109. The molecular weight excluding hydrogens is 382 g/mol. The molecule has 0 spiro atoms. The highest BCUT2D eigenvalue weighted by atomic mass is 32.2. The lowest BCUT2D eigenvalue weighted by Crippen LogP contribution is -2.35. The Morgan fingerprint density at radius 3 is 2.37 bits per heavy atom. The number of hydrogen-bond donors (Lipinski definition) is 1. The van der Waals surface area contributed by atoms with Crippen molar-refractivity contribution in [2.75, 3.05) is 32.1 Å². The van der Waals surface area contributed by atoms with E-state index in [1.807, 2.05) is 0 Å². The average molecular weight is 398 g/mol. The molecule has 0 aromatic heterocycles.